The van der Waals surface area contributed by atoms with E-state index in [0.717, 1.165) is 23.2 Å². The van der Waals surface area contributed by atoms with Crippen molar-refractivity contribution in [3.05, 3.63) is 53.1 Å². The standard InChI is InChI=1S/C19H23FN4O/c1-13(2)22-19-21-11-15-8-9-24(12-17(15)23-19)18(25)7-6-14-4-3-5-16(20)10-14/h3-5,10-11,13H,6-9,12H2,1-2H3,(H,21,22,23). The van der Waals surface area contributed by atoms with Gasteiger partial charge in [0.2, 0.25) is 11.9 Å². The average molecular weight is 342 g/mol. The van der Waals surface area contributed by atoms with Gasteiger partial charge in [0, 0.05) is 25.2 Å². The summed E-state index contributed by atoms with van der Waals surface area (Å²) in [5.41, 5.74) is 2.85. The third-order valence-corrected chi connectivity index (χ3v) is 4.23. The Morgan fingerprint density at radius 1 is 1.40 bits per heavy atom. The van der Waals surface area contributed by atoms with Gasteiger partial charge in [-0.3, -0.25) is 4.79 Å². The first-order valence-corrected chi connectivity index (χ1v) is 8.65. The molecular weight excluding hydrogens is 319 g/mol. The summed E-state index contributed by atoms with van der Waals surface area (Å²) in [4.78, 5) is 23.2. The van der Waals surface area contributed by atoms with E-state index in [1.807, 2.05) is 31.0 Å². The van der Waals surface area contributed by atoms with Crippen LogP contribution in [-0.4, -0.2) is 33.4 Å². The maximum Gasteiger partial charge on any atom is 0.223 e. The number of aromatic nitrogens is 2. The van der Waals surface area contributed by atoms with E-state index in [9.17, 15) is 9.18 Å². The van der Waals surface area contributed by atoms with Crippen LogP contribution < -0.4 is 5.32 Å². The first-order chi connectivity index (χ1) is 12.0. The molecule has 25 heavy (non-hydrogen) atoms. The molecule has 2 heterocycles. The molecule has 0 saturated heterocycles. The predicted molar refractivity (Wildman–Crippen MR) is 94.6 cm³/mol. The number of benzene rings is 1. The Hall–Kier alpha value is -2.50. The first-order valence-electron chi connectivity index (χ1n) is 8.65. The zero-order valence-corrected chi connectivity index (χ0v) is 14.6. The number of fused-ring (bicyclic) bond motifs is 1. The maximum atomic E-state index is 13.2. The van der Waals surface area contributed by atoms with Crippen LogP contribution in [0.5, 0.6) is 0 Å². The molecule has 2 aromatic rings. The van der Waals surface area contributed by atoms with Crippen LogP contribution in [0.25, 0.3) is 0 Å². The number of carbonyl (C=O) groups is 1. The van der Waals surface area contributed by atoms with Crippen LogP contribution in [0.3, 0.4) is 0 Å². The lowest BCUT2D eigenvalue weighted by Crippen LogP contribution is -2.36. The highest BCUT2D eigenvalue weighted by Gasteiger charge is 2.22. The molecule has 0 spiro atoms. The normalized spacial score (nSPS) is 13.7. The van der Waals surface area contributed by atoms with E-state index in [1.54, 1.807) is 6.07 Å². The van der Waals surface area contributed by atoms with Crippen molar-refractivity contribution in [1.82, 2.24) is 14.9 Å². The zero-order chi connectivity index (χ0) is 17.8. The minimum atomic E-state index is -0.265. The van der Waals surface area contributed by atoms with Crippen molar-refractivity contribution in [2.45, 2.75) is 45.7 Å². The van der Waals surface area contributed by atoms with Crippen LogP contribution in [-0.2, 0) is 24.2 Å². The number of nitrogens with zero attached hydrogens (tertiary/aromatic N) is 3. The van der Waals surface area contributed by atoms with Crippen molar-refractivity contribution in [3.8, 4) is 0 Å². The molecular formula is C19H23FN4O. The molecule has 132 valence electrons. The van der Waals surface area contributed by atoms with Gasteiger partial charge in [-0.2, -0.15) is 0 Å². The Morgan fingerprint density at radius 2 is 2.24 bits per heavy atom. The summed E-state index contributed by atoms with van der Waals surface area (Å²) in [5.74, 6) is 0.411. The number of hydrogen-bond acceptors (Lipinski definition) is 4. The Kier molecular flexibility index (Phi) is 5.26. The highest BCUT2D eigenvalue weighted by Crippen LogP contribution is 2.19. The summed E-state index contributed by atoms with van der Waals surface area (Å²) < 4.78 is 13.2. The molecule has 1 aromatic carbocycles. The second-order valence-electron chi connectivity index (χ2n) is 6.66. The van der Waals surface area contributed by atoms with E-state index in [0.29, 0.717) is 31.9 Å². The van der Waals surface area contributed by atoms with Gasteiger partial charge in [-0.25, -0.2) is 14.4 Å². The van der Waals surface area contributed by atoms with Crippen molar-refractivity contribution in [3.63, 3.8) is 0 Å². The topological polar surface area (TPSA) is 58.1 Å². The van der Waals surface area contributed by atoms with Gasteiger partial charge >= 0.3 is 0 Å². The molecule has 1 aliphatic heterocycles. The summed E-state index contributed by atoms with van der Waals surface area (Å²) >= 11 is 0. The molecule has 5 nitrogen and oxygen atoms in total. The molecule has 1 aliphatic rings. The molecule has 6 heteroatoms. The fourth-order valence-corrected chi connectivity index (χ4v) is 2.95. The summed E-state index contributed by atoms with van der Waals surface area (Å²) in [6, 6.07) is 6.67. The number of halogens is 1. The zero-order valence-electron chi connectivity index (χ0n) is 14.6. The van der Waals surface area contributed by atoms with E-state index in [2.05, 4.69) is 15.3 Å². The molecule has 1 aromatic heterocycles. The van der Waals surface area contributed by atoms with Crippen molar-refractivity contribution in [1.29, 1.82) is 0 Å². The largest absolute Gasteiger partial charge is 0.352 e. The van der Waals surface area contributed by atoms with Gasteiger partial charge in [-0.1, -0.05) is 12.1 Å². The minimum absolute atomic E-state index is 0.0758. The molecule has 0 radical (unpaired) electrons. The van der Waals surface area contributed by atoms with Gasteiger partial charge in [-0.15, -0.1) is 0 Å². The first kappa shape index (κ1) is 17.3. The molecule has 1 amide bonds. The number of nitrogens with one attached hydrogen (secondary N) is 1. The average Bonchev–Trinajstić information content (AvgIpc) is 2.58. The van der Waals surface area contributed by atoms with Crippen LogP contribution in [0.2, 0.25) is 0 Å². The van der Waals surface area contributed by atoms with E-state index in [4.69, 9.17) is 0 Å². The highest BCUT2D eigenvalue weighted by atomic mass is 19.1. The van der Waals surface area contributed by atoms with E-state index in [-0.39, 0.29) is 17.8 Å². The molecule has 0 unspecified atom stereocenters. The van der Waals surface area contributed by atoms with Gasteiger partial charge < -0.3 is 10.2 Å². The lowest BCUT2D eigenvalue weighted by atomic mass is 10.1. The quantitative estimate of drug-likeness (QED) is 0.908. The van der Waals surface area contributed by atoms with E-state index >= 15 is 0 Å². The molecule has 0 bridgehead atoms. The highest BCUT2D eigenvalue weighted by molar-refractivity contribution is 5.76. The fraction of sp³-hybridized carbons (Fsp3) is 0.421. The van der Waals surface area contributed by atoms with Gasteiger partial charge in [0.15, 0.2) is 0 Å². The summed E-state index contributed by atoms with van der Waals surface area (Å²) in [7, 11) is 0. The second-order valence-corrected chi connectivity index (χ2v) is 6.66. The third-order valence-electron chi connectivity index (χ3n) is 4.23. The lowest BCUT2D eigenvalue weighted by molar-refractivity contribution is -0.132. The monoisotopic (exact) mass is 342 g/mol. The number of rotatable bonds is 5. The van der Waals surface area contributed by atoms with Crippen LogP contribution in [0.1, 0.15) is 37.1 Å². The van der Waals surface area contributed by atoms with Crippen LogP contribution in [0.15, 0.2) is 30.5 Å². The van der Waals surface area contributed by atoms with Crippen LogP contribution >= 0.6 is 0 Å². The van der Waals surface area contributed by atoms with Crippen molar-refractivity contribution in [2.24, 2.45) is 0 Å². The van der Waals surface area contributed by atoms with Gasteiger partial charge in [0.1, 0.15) is 5.82 Å². The summed E-state index contributed by atoms with van der Waals surface area (Å²) in [6.07, 6.45) is 3.54. The Balaban J connectivity index is 1.62. The van der Waals surface area contributed by atoms with Gasteiger partial charge in [0.05, 0.1) is 12.2 Å². The Bertz CT molecular complexity index is 763. The second kappa shape index (κ2) is 7.59. The Labute approximate surface area is 147 Å². The lowest BCUT2D eigenvalue weighted by Gasteiger charge is -2.28. The number of hydrogen-bond donors (Lipinski definition) is 1. The van der Waals surface area contributed by atoms with E-state index < -0.39 is 0 Å². The van der Waals surface area contributed by atoms with Crippen molar-refractivity contribution in [2.75, 3.05) is 11.9 Å². The minimum Gasteiger partial charge on any atom is -0.352 e. The number of carbonyl (C=O) groups excluding carboxylic acids is 1. The molecule has 0 atom stereocenters. The van der Waals surface area contributed by atoms with Crippen LogP contribution in [0.4, 0.5) is 10.3 Å². The van der Waals surface area contributed by atoms with Gasteiger partial charge in [-0.05, 0) is 49.9 Å². The number of amides is 1. The number of anilines is 1. The summed E-state index contributed by atoms with van der Waals surface area (Å²) in [6.45, 7) is 5.25. The molecule has 3 rings (SSSR count). The Morgan fingerprint density at radius 3 is 3.00 bits per heavy atom. The van der Waals surface area contributed by atoms with E-state index in [1.165, 1.54) is 12.1 Å². The fourth-order valence-electron chi connectivity index (χ4n) is 2.95. The smallest absolute Gasteiger partial charge is 0.223 e. The van der Waals surface area contributed by atoms with Crippen molar-refractivity contribution < 1.29 is 9.18 Å². The summed E-state index contributed by atoms with van der Waals surface area (Å²) in [5, 5.41) is 3.19. The SMILES string of the molecule is CC(C)Nc1ncc2c(n1)CN(C(=O)CCc1cccc(F)c1)CC2. The predicted octanol–water partition coefficient (Wildman–Crippen LogP) is 2.95. The van der Waals surface area contributed by atoms with Crippen LogP contribution in [0, 0.1) is 5.82 Å². The molecule has 1 N–H and O–H groups in total. The van der Waals surface area contributed by atoms with Gasteiger partial charge in [0.25, 0.3) is 0 Å². The van der Waals surface area contributed by atoms with Crippen molar-refractivity contribution >= 4 is 11.9 Å². The third kappa shape index (κ3) is 4.53. The molecule has 0 aliphatic carbocycles. The molecule has 0 fully saturated rings. The maximum absolute atomic E-state index is 13.2. The molecule has 0 saturated carbocycles. The number of aryl methyl sites for hydroxylation is 1.